The van der Waals surface area contributed by atoms with Crippen LogP contribution in [-0.4, -0.2) is 42.5 Å². The molecule has 1 unspecified atom stereocenters. The Bertz CT molecular complexity index is 351. The van der Waals surface area contributed by atoms with E-state index in [1.807, 2.05) is 13.8 Å². The third-order valence-electron chi connectivity index (χ3n) is 3.23. The number of ether oxygens (including phenoxy) is 2. The topological polar surface area (TPSA) is 84.9 Å². The number of nitrogens with one attached hydrogen (secondary N) is 1. The number of rotatable bonds is 10. The summed E-state index contributed by atoms with van der Waals surface area (Å²) in [6.45, 7) is 10.3. The molecule has 0 aromatic carbocycles. The molecule has 0 aliphatic rings. The molecule has 0 fully saturated rings. The van der Waals surface area contributed by atoms with E-state index in [2.05, 4.69) is 5.32 Å². The van der Waals surface area contributed by atoms with Gasteiger partial charge in [-0.2, -0.15) is 0 Å². The Labute approximate surface area is 133 Å². The van der Waals surface area contributed by atoms with E-state index in [-0.39, 0.29) is 6.54 Å². The highest BCUT2D eigenvalue weighted by Gasteiger charge is 2.38. The SMILES string of the molecule is CCCOCCC(CCC)(CNC(=O)OC(C)(C)C)C(=O)O. The molecule has 0 aliphatic carbocycles. The summed E-state index contributed by atoms with van der Waals surface area (Å²) in [7, 11) is 0. The minimum absolute atomic E-state index is 0.0422. The number of carbonyl (C=O) groups is 2. The van der Waals surface area contributed by atoms with Gasteiger partial charge in [-0.05, 0) is 40.0 Å². The molecule has 1 atom stereocenters. The van der Waals surface area contributed by atoms with Crippen molar-refractivity contribution in [3.05, 3.63) is 0 Å². The summed E-state index contributed by atoms with van der Waals surface area (Å²) in [6, 6.07) is 0. The average molecular weight is 317 g/mol. The van der Waals surface area contributed by atoms with Crippen LogP contribution < -0.4 is 5.32 Å². The van der Waals surface area contributed by atoms with E-state index >= 15 is 0 Å². The first kappa shape index (κ1) is 20.7. The highest BCUT2D eigenvalue weighted by molar-refractivity contribution is 5.76. The molecular formula is C16H31NO5. The first-order chi connectivity index (χ1) is 10.2. The highest BCUT2D eigenvalue weighted by Crippen LogP contribution is 2.28. The molecule has 0 radical (unpaired) electrons. The van der Waals surface area contributed by atoms with Crippen molar-refractivity contribution in [3.63, 3.8) is 0 Å². The lowest BCUT2D eigenvalue weighted by molar-refractivity contribution is -0.150. The van der Waals surface area contributed by atoms with Crippen LogP contribution in [-0.2, 0) is 14.3 Å². The van der Waals surface area contributed by atoms with Crippen molar-refractivity contribution in [3.8, 4) is 0 Å². The lowest BCUT2D eigenvalue weighted by Crippen LogP contribution is -2.45. The number of carbonyl (C=O) groups excluding carboxylic acids is 1. The van der Waals surface area contributed by atoms with Gasteiger partial charge in [-0.3, -0.25) is 4.79 Å². The van der Waals surface area contributed by atoms with E-state index in [9.17, 15) is 14.7 Å². The van der Waals surface area contributed by atoms with Gasteiger partial charge in [-0.25, -0.2) is 4.79 Å². The van der Waals surface area contributed by atoms with Crippen LogP contribution in [0.4, 0.5) is 4.79 Å². The fraction of sp³-hybridized carbons (Fsp3) is 0.875. The third-order valence-corrected chi connectivity index (χ3v) is 3.23. The number of carboxylic acids is 1. The molecular weight excluding hydrogens is 286 g/mol. The van der Waals surface area contributed by atoms with Crippen molar-refractivity contribution in [2.24, 2.45) is 5.41 Å². The van der Waals surface area contributed by atoms with Gasteiger partial charge in [0.15, 0.2) is 0 Å². The second-order valence-corrected chi connectivity index (χ2v) is 6.55. The van der Waals surface area contributed by atoms with Crippen molar-refractivity contribution < 1.29 is 24.2 Å². The zero-order chi connectivity index (χ0) is 17.2. The Hall–Kier alpha value is -1.30. The fourth-order valence-corrected chi connectivity index (χ4v) is 2.14. The summed E-state index contributed by atoms with van der Waals surface area (Å²) >= 11 is 0. The van der Waals surface area contributed by atoms with Gasteiger partial charge in [0.25, 0.3) is 0 Å². The molecule has 0 bridgehead atoms. The fourth-order valence-electron chi connectivity index (χ4n) is 2.14. The van der Waals surface area contributed by atoms with Crippen LogP contribution in [0.15, 0.2) is 0 Å². The van der Waals surface area contributed by atoms with Gasteiger partial charge in [-0.15, -0.1) is 0 Å². The van der Waals surface area contributed by atoms with Crippen molar-refractivity contribution >= 4 is 12.1 Å². The third kappa shape index (κ3) is 8.22. The van der Waals surface area contributed by atoms with Crippen molar-refractivity contribution in [1.29, 1.82) is 0 Å². The van der Waals surface area contributed by atoms with E-state index in [1.165, 1.54) is 0 Å². The Balaban J connectivity index is 4.70. The van der Waals surface area contributed by atoms with Crippen molar-refractivity contribution in [2.45, 2.75) is 65.9 Å². The van der Waals surface area contributed by atoms with Crippen LogP contribution in [0.1, 0.15) is 60.3 Å². The van der Waals surface area contributed by atoms with Gasteiger partial charge in [0.2, 0.25) is 0 Å². The quantitative estimate of drug-likeness (QED) is 0.604. The molecule has 0 aromatic heterocycles. The van der Waals surface area contributed by atoms with E-state index < -0.39 is 23.1 Å². The molecule has 0 rings (SSSR count). The number of carboxylic acid groups (broad SMARTS) is 1. The van der Waals surface area contributed by atoms with Crippen LogP contribution in [0.5, 0.6) is 0 Å². The van der Waals surface area contributed by atoms with Gasteiger partial charge < -0.3 is 19.9 Å². The number of amides is 1. The summed E-state index contributed by atoms with van der Waals surface area (Å²) in [5.41, 5.74) is -1.62. The molecule has 130 valence electrons. The van der Waals surface area contributed by atoms with Gasteiger partial charge >= 0.3 is 12.1 Å². The van der Waals surface area contributed by atoms with Crippen LogP contribution in [0.2, 0.25) is 0 Å². The molecule has 0 saturated carbocycles. The zero-order valence-electron chi connectivity index (χ0n) is 14.5. The summed E-state index contributed by atoms with van der Waals surface area (Å²) in [4.78, 5) is 23.5. The monoisotopic (exact) mass is 317 g/mol. The predicted molar refractivity (Wildman–Crippen MR) is 84.9 cm³/mol. The second-order valence-electron chi connectivity index (χ2n) is 6.55. The maximum Gasteiger partial charge on any atom is 0.407 e. The standard InChI is InChI=1S/C16H31NO5/c1-6-8-16(13(18)19,9-11-21-10-7-2)12-17-14(20)22-15(3,4)5/h6-12H2,1-5H3,(H,17,20)(H,18,19). The molecule has 1 amide bonds. The molecule has 0 heterocycles. The molecule has 0 aliphatic heterocycles. The zero-order valence-corrected chi connectivity index (χ0v) is 14.5. The average Bonchev–Trinajstić information content (AvgIpc) is 2.38. The maximum atomic E-state index is 11.8. The molecule has 0 spiro atoms. The largest absolute Gasteiger partial charge is 0.481 e. The Morgan fingerprint density at radius 1 is 1.05 bits per heavy atom. The van der Waals surface area contributed by atoms with Crippen LogP contribution >= 0.6 is 0 Å². The molecule has 0 saturated heterocycles. The Kier molecular flexibility index (Phi) is 9.09. The van der Waals surface area contributed by atoms with Crippen molar-refractivity contribution in [2.75, 3.05) is 19.8 Å². The van der Waals surface area contributed by atoms with Crippen LogP contribution in [0.25, 0.3) is 0 Å². The predicted octanol–water partition coefficient (Wildman–Crippen LogP) is 3.20. The minimum atomic E-state index is -1.01. The number of alkyl carbamates (subject to hydrolysis) is 1. The second kappa shape index (κ2) is 9.66. The molecule has 6 nitrogen and oxygen atoms in total. The molecule has 6 heteroatoms. The van der Waals surface area contributed by atoms with Crippen LogP contribution in [0, 0.1) is 5.41 Å². The minimum Gasteiger partial charge on any atom is -0.481 e. The van der Waals surface area contributed by atoms with E-state index in [4.69, 9.17) is 9.47 Å². The summed E-state index contributed by atoms with van der Waals surface area (Å²) in [6.07, 6.45) is 1.86. The number of hydrogen-bond donors (Lipinski definition) is 2. The summed E-state index contributed by atoms with van der Waals surface area (Å²) < 4.78 is 10.6. The van der Waals surface area contributed by atoms with Gasteiger partial charge in [-0.1, -0.05) is 20.3 Å². The van der Waals surface area contributed by atoms with E-state index in [0.717, 1.165) is 12.8 Å². The molecule has 2 N–H and O–H groups in total. The molecule has 22 heavy (non-hydrogen) atoms. The van der Waals surface area contributed by atoms with Gasteiger partial charge in [0.1, 0.15) is 5.60 Å². The van der Waals surface area contributed by atoms with E-state index in [0.29, 0.717) is 26.1 Å². The summed E-state index contributed by atoms with van der Waals surface area (Å²) in [5.74, 6) is -0.912. The molecule has 0 aromatic rings. The first-order valence-corrected chi connectivity index (χ1v) is 7.95. The Morgan fingerprint density at radius 3 is 2.14 bits per heavy atom. The lowest BCUT2D eigenvalue weighted by atomic mass is 9.80. The van der Waals surface area contributed by atoms with Gasteiger partial charge in [0, 0.05) is 19.8 Å². The smallest absolute Gasteiger partial charge is 0.407 e. The summed E-state index contributed by atoms with van der Waals surface area (Å²) in [5, 5.41) is 12.2. The van der Waals surface area contributed by atoms with Crippen LogP contribution in [0.3, 0.4) is 0 Å². The van der Waals surface area contributed by atoms with Gasteiger partial charge in [0.05, 0.1) is 5.41 Å². The lowest BCUT2D eigenvalue weighted by Gasteiger charge is -2.30. The number of hydrogen-bond acceptors (Lipinski definition) is 4. The maximum absolute atomic E-state index is 11.8. The Morgan fingerprint density at radius 2 is 1.68 bits per heavy atom. The van der Waals surface area contributed by atoms with E-state index in [1.54, 1.807) is 20.8 Å². The highest BCUT2D eigenvalue weighted by atomic mass is 16.6. The van der Waals surface area contributed by atoms with Crippen molar-refractivity contribution in [1.82, 2.24) is 5.32 Å². The normalized spacial score (nSPS) is 14.2. The first-order valence-electron chi connectivity index (χ1n) is 7.95. The number of aliphatic carboxylic acids is 1.